The number of ether oxygens (including phenoxy) is 2. The van der Waals surface area contributed by atoms with Crippen molar-refractivity contribution in [1.82, 2.24) is 19.7 Å². The molecule has 2 aromatic heterocycles. The van der Waals surface area contributed by atoms with Gasteiger partial charge in [-0.15, -0.1) is 13.2 Å². The van der Waals surface area contributed by atoms with Crippen molar-refractivity contribution >= 4 is 11.8 Å². The molecular formula is C10H8F3N5O3. The normalized spacial score (nSPS) is 11.0. The fourth-order valence-corrected chi connectivity index (χ4v) is 1.33. The summed E-state index contributed by atoms with van der Waals surface area (Å²) in [5, 5.41) is 5.79. The van der Waals surface area contributed by atoms with E-state index in [4.69, 9.17) is 0 Å². The number of halogens is 3. The summed E-state index contributed by atoms with van der Waals surface area (Å²) in [6.07, 6.45) is -3.50. The molecule has 0 aliphatic rings. The number of hydrogen-bond donors (Lipinski definition) is 1. The van der Waals surface area contributed by atoms with Crippen LogP contribution in [0.1, 0.15) is 0 Å². The van der Waals surface area contributed by atoms with E-state index in [1.54, 1.807) is 0 Å². The van der Waals surface area contributed by atoms with E-state index in [-0.39, 0.29) is 11.5 Å². The molecule has 0 aromatic carbocycles. The van der Waals surface area contributed by atoms with Crippen LogP contribution in [0, 0.1) is 0 Å². The largest absolute Gasteiger partial charge is 0.574 e. The Hall–Kier alpha value is -2.85. The van der Waals surface area contributed by atoms with Crippen LogP contribution in [-0.2, 0) is 4.74 Å². The SMILES string of the molecule is COC(=O)Nc1ccc(-n2cncn2)nc1OC(F)(F)F. The van der Waals surface area contributed by atoms with E-state index in [0.717, 1.165) is 11.8 Å². The third-order valence-electron chi connectivity index (χ3n) is 2.13. The van der Waals surface area contributed by atoms with Gasteiger partial charge in [-0.3, -0.25) is 5.32 Å². The molecule has 112 valence electrons. The number of nitrogens with one attached hydrogen (secondary N) is 1. The fourth-order valence-electron chi connectivity index (χ4n) is 1.33. The highest BCUT2D eigenvalue weighted by molar-refractivity contribution is 5.86. The minimum Gasteiger partial charge on any atom is -0.453 e. The van der Waals surface area contributed by atoms with Crippen LogP contribution in [0.2, 0.25) is 0 Å². The second-order valence-electron chi connectivity index (χ2n) is 3.53. The van der Waals surface area contributed by atoms with E-state index < -0.39 is 18.3 Å². The first-order valence-electron chi connectivity index (χ1n) is 5.36. The second kappa shape index (κ2) is 5.64. The Bertz CT molecular complexity index is 629. The summed E-state index contributed by atoms with van der Waals surface area (Å²) in [6.45, 7) is 0. The lowest BCUT2D eigenvalue weighted by Crippen LogP contribution is -2.21. The predicted molar refractivity (Wildman–Crippen MR) is 61.9 cm³/mol. The van der Waals surface area contributed by atoms with Crippen molar-refractivity contribution in [3.63, 3.8) is 0 Å². The molecule has 0 bridgehead atoms. The van der Waals surface area contributed by atoms with Gasteiger partial charge < -0.3 is 9.47 Å². The molecule has 2 heterocycles. The molecule has 0 spiro atoms. The number of alkyl halides is 3. The van der Waals surface area contributed by atoms with Crippen LogP contribution < -0.4 is 10.1 Å². The van der Waals surface area contributed by atoms with Crippen molar-refractivity contribution in [2.75, 3.05) is 12.4 Å². The highest BCUT2D eigenvalue weighted by atomic mass is 19.4. The standard InChI is InChI=1S/C10H8F3N5O3/c1-20-9(19)16-6-2-3-7(18-5-14-4-15-18)17-8(6)21-10(11,12)13/h2-5H,1H3,(H,16,19). The number of carbonyl (C=O) groups is 1. The number of carbonyl (C=O) groups excluding carboxylic acids is 1. The Labute approximate surface area is 115 Å². The predicted octanol–water partition coefficient (Wildman–Crippen LogP) is 1.74. The number of methoxy groups -OCH3 is 1. The van der Waals surface area contributed by atoms with E-state index in [1.165, 1.54) is 24.8 Å². The van der Waals surface area contributed by atoms with Crippen LogP contribution in [0.3, 0.4) is 0 Å². The summed E-state index contributed by atoms with van der Waals surface area (Å²) in [6, 6.07) is 2.49. The van der Waals surface area contributed by atoms with Crippen molar-refractivity contribution < 1.29 is 27.4 Å². The van der Waals surface area contributed by atoms with Gasteiger partial charge in [0.15, 0.2) is 5.82 Å². The smallest absolute Gasteiger partial charge is 0.453 e. The summed E-state index contributed by atoms with van der Waals surface area (Å²) < 4.78 is 46.3. The molecule has 0 aliphatic heterocycles. The quantitative estimate of drug-likeness (QED) is 0.928. The fraction of sp³-hybridized carbons (Fsp3) is 0.200. The molecule has 0 aliphatic carbocycles. The zero-order chi connectivity index (χ0) is 15.5. The van der Waals surface area contributed by atoms with E-state index >= 15 is 0 Å². The minimum atomic E-state index is -4.97. The first-order valence-corrected chi connectivity index (χ1v) is 5.36. The Morgan fingerprint density at radius 3 is 2.71 bits per heavy atom. The molecule has 0 unspecified atom stereocenters. The third-order valence-corrected chi connectivity index (χ3v) is 2.13. The van der Waals surface area contributed by atoms with E-state index in [1.807, 2.05) is 0 Å². The minimum absolute atomic E-state index is 0.0298. The number of nitrogens with zero attached hydrogens (tertiary/aromatic N) is 4. The zero-order valence-electron chi connectivity index (χ0n) is 10.5. The first-order chi connectivity index (χ1) is 9.89. The van der Waals surface area contributed by atoms with Gasteiger partial charge in [-0.1, -0.05) is 0 Å². The molecular weight excluding hydrogens is 295 g/mol. The average Bonchev–Trinajstić information content (AvgIpc) is 2.92. The van der Waals surface area contributed by atoms with E-state index in [9.17, 15) is 18.0 Å². The van der Waals surface area contributed by atoms with Crippen molar-refractivity contribution in [3.05, 3.63) is 24.8 Å². The molecule has 0 saturated heterocycles. The molecule has 0 saturated carbocycles. The topological polar surface area (TPSA) is 91.2 Å². The Morgan fingerprint density at radius 1 is 1.38 bits per heavy atom. The molecule has 21 heavy (non-hydrogen) atoms. The van der Waals surface area contributed by atoms with Crippen LogP contribution in [0.4, 0.5) is 23.7 Å². The van der Waals surface area contributed by atoms with Gasteiger partial charge in [-0.25, -0.2) is 14.5 Å². The molecule has 2 aromatic rings. The molecule has 0 radical (unpaired) electrons. The Balaban J connectivity index is 2.38. The lowest BCUT2D eigenvalue weighted by atomic mass is 10.4. The summed E-state index contributed by atoms with van der Waals surface area (Å²) in [5.41, 5.74) is -0.303. The van der Waals surface area contributed by atoms with Crippen LogP contribution in [-0.4, -0.2) is 39.3 Å². The summed E-state index contributed by atoms with van der Waals surface area (Å²) in [5.74, 6) is -0.817. The monoisotopic (exact) mass is 303 g/mol. The average molecular weight is 303 g/mol. The van der Waals surface area contributed by atoms with Gasteiger partial charge in [0.1, 0.15) is 18.3 Å². The van der Waals surface area contributed by atoms with E-state index in [0.29, 0.717) is 0 Å². The highest BCUT2D eigenvalue weighted by Gasteiger charge is 2.33. The first kappa shape index (κ1) is 14.6. The van der Waals surface area contributed by atoms with Gasteiger partial charge in [-0.2, -0.15) is 10.1 Å². The third kappa shape index (κ3) is 3.81. The number of anilines is 1. The lowest BCUT2D eigenvalue weighted by molar-refractivity contribution is -0.275. The molecule has 0 atom stereocenters. The van der Waals surface area contributed by atoms with Gasteiger partial charge in [0, 0.05) is 0 Å². The van der Waals surface area contributed by atoms with Crippen LogP contribution in [0.5, 0.6) is 5.88 Å². The van der Waals surface area contributed by atoms with Gasteiger partial charge >= 0.3 is 12.5 Å². The zero-order valence-corrected chi connectivity index (χ0v) is 10.5. The Kier molecular flexibility index (Phi) is 3.91. The molecule has 1 amide bonds. The van der Waals surface area contributed by atoms with Crippen molar-refractivity contribution in [1.29, 1.82) is 0 Å². The maximum atomic E-state index is 12.4. The van der Waals surface area contributed by atoms with Crippen LogP contribution >= 0.6 is 0 Å². The summed E-state index contributed by atoms with van der Waals surface area (Å²) in [4.78, 5) is 18.4. The maximum absolute atomic E-state index is 12.4. The molecule has 0 fully saturated rings. The van der Waals surface area contributed by atoms with Gasteiger partial charge in [0.05, 0.1) is 7.11 Å². The van der Waals surface area contributed by atoms with Gasteiger partial charge in [-0.05, 0) is 12.1 Å². The number of amides is 1. The maximum Gasteiger partial charge on any atom is 0.574 e. The van der Waals surface area contributed by atoms with Crippen molar-refractivity contribution in [2.45, 2.75) is 6.36 Å². The summed E-state index contributed by atoms with van der Waals surface area (Å²) in [7, 11) is 1.07. The number of aromatic nitrogens is 4. The number of pyridine rings is 1. The molecule has 11 heteroatoms. The molecule has 8 nitrogen and oxygen atoms in total. The number of hydrogen-bond acceptors (Lipinski definition) is 6. The van der Waals surface area contributed by atoms with Crippen molar-refractivity contribution in [3.8, 4) is 11.7 Å². The van der Waals surface area contributed by atoms with Crippen LogP contribution in [0.15, 0.2) is 24.8 Å². The van der Waals surface area contributed by atoms with Gasteiger partial charge in [0.25, 0.3) is 0 Å². The second-order valence-corrected chi connectivity index (χ2v) is 3.53. The van der Waals surface area contributed by atoms with Crippen LogP contribution in [0.25, 0.3) is 5.82 Å². The lowest BCUT2D eigenvalue weighted by Gasteiger charge is -2.13. The van der Waals surface area contributed by atoms with E-state index in [2.05, 4.69) is 29.9 Å². The summed E-state index contributed by atoms with van der Waals surface area (Å²) >= 11 is 0. The van der Waals surface area contributed by atoms with Gasteiger partial charge in [0.2, 0.25) is 5.88 Å². The molecule has 2 rings (SSSR count). The Morgan fingerprint density at radius 2 is 2.14 bits per heavy atom. The molecule has 1 N–H and O–H groups in total. The number of rotatable bonds is 3. The van der Waals surface area contributed by atoms with Crippen molar-refractivity contribution in [2.24, 2.45) is 0 Å². The highest BCUT2D eigenvalue weighted by Crippen LogP contribution is 2.29.